The van der Waals surface area contributed by atoms with E-state index in [2.05, 4.69) is 25.8 Å². The van der Waals surface area contributed by atoms with E-state index in [4.69, 9.17) is 0 Å². The molecule has 0 aliphatic carbocycles. The van der Waals surface area contributed by atoms with Crippen LogP contribution in [-0.4, -0.2) is 16.1 Å². The molecule has 3 nitrogen and oxygen atoms in total. The molecule has 0 aromatic carbocycles. The summed E-state index contributed by atoms with van der Waals surface area (Å²) in [5.41, 5.74) is 2.26. The Labute approximate surface area is 109 Å². The van der Waals surface area contributed by atoms with Gasteiger partial charge < -0.3 is 5.11 Å². The Morgan fingerprint density at radius 2 is 2.11 bits per heavy atom. The van der Waals surface area contributed by atoms with Crippen LogP contribution >= 0.6 is 0 Å². The molecule has 18 heavy (non-hydrogen) atoms. The van der Waals surface area contributed by atoms with Crippen molar-refractivity contribution in [3.8, 4) is 0 Å². The molecule has 0 radical (unpaired) electrons. The minimum absolute atomic E-state index is 0.219. The average Bonchev–Trinajstić information content (AvgIpc) is 2.36. The van der Waals surface area contributed by atoms with E-state index in [0.29, 0.717) is 0 Å². The molecule has 0 fully saturated rings. The summed E-state index contributed by atoms with van der Waals surface area (Å²) in [5, 5.41) is 9.19. The molecule has 100 valence electrons. The molecule has 0 spiro atoms. The van der Waals surface area contributed by atoms with Crippen LogP contribution < -0.4 is 0 Å². The summed E-state index contributed by atoms with van der Waals surface area (Å²) in [5.74, 6) is -0.662. The Morgan fingerprint density at radius 1 is 1.39 bits per heavy atom. The lowest BCUT2D eigenvalue weighted by Crippen LogP contribution is -2.09. The molecule has 0 bridgehead atoms. The van der Waals surface area contributed by atoms with E-state index in [9.17, 15) is 9.90 Å². The largest absolute Gasteiger partial charge is 0.477 e. The van der Waals surface area contributed by atoms with E-state index in [1.807, 2.05) is 6.07 Å². The second kappa shape index (κ2) is 7.14. The van der Waals surface area contributed by atoms with Crippen molar-refractivity contribution in [2.24, 2.45) is 0 Å². The van der Waals surface area contributed by atoms with Gasteiger partial charge in [0.1, 0.15) is 0 Å². The normalized spacial score (nSPS) is 12.4. The second-order valence-electron chi connectivity index (χ2n) is 4.88. The lowest BCUT2D eigenvalue weighted by molar-refractivity contribution is 0.0688. The van der Waals surface area contributed by atoms with Crippen molar-refractivity contribution in [2.45, 2.75) is 58.8 Å². The van der Waals surface area contributed by atoms with Gasteiger partial charge in [-0.1, -0.05) is 39.7 Å². The molecule has 1 heterocycles. The Hall–Kier alpha value is -1.38. The van der Waals surface area contributed by atoms with E-state index < -0.39 is 5.97 Å². The molecular weight excluding hydrogens is 226 g/mol. The zero-order valence-corrected chi connectivity index (χ0v) is 11.6. The quantitative estimate of drug-likeness (QED) is 0.793. The molecule has 1 atom stereocenters. The number of hydrogen-bond donors (Lipinski definition) is 1. The molecular formula is C15H23NO2. The van der Waals surface area contributed by atoms with Crippen LogP contribution in [-0.2, 0) is 6.42 Å². The van der Waals surface area contributed by atoms with Gasteiger partial charge >= 0.3 is 5.97 Å². The predicted octanol–water partition coefficient (Wildman–Crippen LogP) is 4.03. The standard InChI is InChI=1S/C15H23NO2/c1-4-6-8-12-9-13(11(3)7-5-2)14(15(17)18)16-10-12/h9-11H,4-8H2,1-3H3,(H,17,18). The zero-order valence-electron chi connectivity index (χ0n) is 11.6. The smallest absolute Gasteiger partial charge is 0.354 e. The van der Waals surface area contributed by atoms with Crippen LogP contribution in [0.2, 0.25) is 0 Å². The summed E-state index contributed by atoms with van der Waals surface area (Å²) in [7, 11) is 0. The highest BCUT2D eigenvalue weighted by atomic mass is 16.4. The summed E-state index contributed by atoms with van der Waals surface area (Å²) in [6.45, 7) is 6.35. The van der Waals surface area contributed by atoms with Crippen LogP contribution in [0.3, 0.4) is 0 Å². The number of aromatic carboxylic acids is 1. The summed E-state index contributed by atoms with van der Waals surface area (Å²) in [6.07, 6.45) is 7.01. The number of aromatic nitrogens is 1. The van der Waals surface area contributed by atoms with E-state index in [-0.39, 0.29) is 11.6 Å². The number of rotatable bonds is 7. The first-order valence-corrected chi connectivity index (χ1v) is 6.82. The molecule has 1 aromatic heterocycles. The third-order valence-corrected chi connectivity index (χ3v) is 3.25. The van der Waals surface area contributed by atoms with Crippen molar-refractivity contribution in [1.82, 2.24) is 4.98 Å². The number of pyridine rings is 1. The van der Waals surface area contributed by atoms with Crippen molar-refractivity contribution in [1.29, 1.82) is 0 Å². The van der Waals surface area contributed by atoms with Gasteiger partial charge in [0.05, 0.1) is 0 Å². The van der Waals surface area contributed by atoms with Gasteiger partial charge in [-0.25, -0.2) is 9.78 Å². The fourth-order valence-electron chi connectivity index (χ4n) is 2.19. The van der Waals surface area contributed by atoms with Gasteiger partial charge in [-0.3, -0.25) is 0 Å². The van der Waals surface area contributed by atoms with Crippen molar-refractivity contribution >= 4 is 5.97 Å². The molecule has 3 heteroatoms. The maximum Gasteiger partial charge on any atom is 0.354 e. The molecule has 0 amide bonds. The van der Waals surface area contributed by atoms with Gasteiger partial charge in [0.25, 0.3) is 0 Å². The van der Waals surface area contributed by atoms with Crippen LogP contribution in [0.5, 0.6) is 0 Å². The van der Waals surface area contributed by atoms with Crippen LogP contribution in [0.15, 0.2) is 12.3 Å². The van der Waals surface area contributed by atoms with Crippen molar-refractivity contribution < 1.29 is 9.90 Å². The van der Waals surface area contributed by atoms with Gasteiger partial charge in [-0.05, 0) is 36.3 Å². The highest BCUT2D eigenvalue weighted by Gasteiger charge is 2.17. The number of carbonyl (C=O) groups is 1. The summed E-state index contributed by atoms with van der Waals surface area (Å²) in [6, 6.07) is 2.03. The van der Waals surface area contributed by atoms with Gasteiger partial charge in [0, 0.05) is 6.20 Å². The highest BCUT2D eigenvalue weighted by Crippen LogP contribution is 2.24. The van der Waals surface area contributed by atoms with Gasteiger partial charge in [-0.15, -0.1) is 0 Å². The monoisotopic (exact) mass is 249 g/mol. The van der Waals surface area contributed by atoms with E-state index in [1.54, 1.807) is 6.20 Å². The molecule has 1 N–H and O–H groups in total. The van der Waals surface area contributed by atoms with Crippen LogP contribution in [0, 0.1) is 0 Å². The molecule has 0 saturated heterocycles. The Bertz CT molecular complexity index is 401. The fraction of sp³-hybridized carbons (Fsp3) is 0.600. The Balaban J connectivity index is 3.03. The first-order valence-electron chi connectivity index (χ1n) is 6.82. The van der Waals surface area contributed by atoms with Gasteiger partial charge in [0.15, 0.2) is 5.69 Å². The molecule has 1 unspecified atom stereocenters. The number of unbranched alkanes of at least 4 members (excludes halogenated alkanes) is 1. The first-order chi connectivity index (χ1) is 8.60. The van der Waals surface area contributed by atoms with Crippen LogP contribution in [0.25, 0.3) is 0 Å². The number of nitrogens with zero attached hydrogens (tertiary/aromatic N) is 1. The molecule has 0 saturated carbocycles. The third kappa shape index (κ3) is 3.83. The minimum Gasteiger partial charge on any atom is -0.477 e. The maximum atomic E-state index is 11.2. The van der Waals surface area contributed by atoms with Crippen molar-refractivity contribution in [3.05, 3.63) is 29.1 Å². The minimum atomic E-state index is -0.921. The van der Waals surface area contributed by atoms with Crippen LogP contribution in [0.4, 0.5) is 0 Å². The molecule has 0 aliphatic rings. The Kier molecular flexibility index (Phi) is 5.83. The topological polar surface area (TPSA) is 50.2 Å². The second-order valence-corrected chi connectivity index (χ2v) is 4.88. The van der Waals surface area contributed by atoms with Gasteiger partial charge in [-0.2, -0.15) is 0 Å². The van der Waals surface area contributed by atoms with E-state index in [0.717, 1.165) is 43.2 Å². The molecule has 0 aliphatic heterocycles. The lowest BCUT2D eigenvalue weighted by atomic mass is 9.93. The van der Waals surface area contributed by atoms with Crippen molar-refractivity contribution in [3.63, 3.8) is 0 Å². The van der Waals surface area contributed by atoms with E-state index >= 15 is 0 Å². The lowest BCUT2D eigenvalue weighted by Gasteiger charge is -2.14. The van der Waals surface area contributed by atoms with E-state index in [1.165, 1.54) is 0 Å². The number of aryl methyl sites for hydroxylation is 1. The number of carboxylic acids is 1. The fourth-order valence-corrected chi connectivity index (χ4v) is 2.19. The molecule has 1 rings (SSSR count). The third-order valence-electron chi connectivity index (χ3n) is 3.25. The summed E-state index contributed by atoms with van der Waals surface area (Å²) >= 11 is 0. The van der Waals surface area contributed by atoms with Crippen molar-refractivity contribution in [2.75, 3.05) is 0 Å². The summed E-state index contributed by atoms with van der Waals surface area (Å²) < 4.78 is 0. The molecule has 1 aromatic rings. The SMILES string of the molecule is CCCCc1cnc(C(=O)O)c(C(C)CCC)c1. The van der Waals surface area contributed by atoms with Gasteiger partial charge in [0.2, 0.25) is 0 Å². The Morgan fingerprint density at radius 3 is 2.67 bits per heavy atom. The summed E-state index contributed by atoms with van der Waals surface area (Å²) in [4.78, 5) is 15.3. The average molecular weight is 249 g/mol. The highest BCUT2D eigenvalue weighted by molar-refractivity contribution is 5.87. The van der Waals surface area contributed by atoms with Crippen LogP contribution in [0.1, 0.15) is 74.0 Å². The zero-order chi connectivity index (χ0) is 13.5. The number of carboxylic acid groups (broad SMARTS) is 1. The number of hydrogen-bond acceptors (Lipinski definition) is 2. The maximum absolute atomic E-state index is 11.2. The first kappa shape index (κ1) is 14.7. The predicted molar refractivity (Wildman–Crippen MR) is 73.1 cm³/mol.